The van der Waals surface area contributed by atoms with Crippen molar-refractivity contribution >= 4 is 17.4 Å². The fraction of sp³-hybridized carbons (Fsp3) is 0.636. The zero-order valence-electron chi connectivity index (χ0n) is 10.3. The van der Waals surface area contributed by atoms with Crippen LogP contribution in [-0.4, -0.2) is 41.3 Å². The van der Waals surface area contributed by atoms with E-state index in [1.165, 1.54) is 0 Å². The molecule has 8 heteroatoms. The van der Waals surface area contributed by atoms with E-state index in [9.17, 15) is 13.2 Å². The van der Waals surface area contributed by atoms with Crippen LogP contribution in [0.5, 0.6) is 0 Å². The van der Waals surface area contributed by atoms with E-state index in [1.807, 2.05) is 7.05 Å². The number of piperidine rings is 1. The number of hydrogen-bond acceptors (Lipinski definition) is 4. The third kappa shape index (κ3) is 3.48. The molecule has 1 unspecified atom stereocenters. The SMILES string of the molecule is CN1CCCC(Nc2nncc(C(F)(F)F)c2Cl)C1. The quantitative estimate of drug-likeness (QED) is 0.910. The van der Waals surface area contributed by atoms with Gasteiger partial charge in [-0.3, -0.25) is 0 Å². The largest absolute Gasteiger partial charge is 0.419 e. The molecule has 0 spiro atoms. The zero-order valence-corrected chi connectivity index (χ0v) is 11.1. The van der Waals surface area contributed by atoms with Crippen molar-refractivity contribution in [2.24, 2.45) is 0 Å². The average molecular weight is 295 g/mol. The summed E-state index contributed by atoms with van der Waals surface area (Å²) in [4.78, 5) is 2.11. The monoisotopic (exact) mass is 294 g/mol. The van der Waals surface area contributed by atoms with E-state index in [-0.39, 0.29) is 11.9 Å². The van der Waals surface area contributed by atoms with Crippen molar-refractivity contribution in [1.29, 1.82) is 0 Å². The van der Waals surface area contributed by atoms with Crippen LogP contribution in [0.1, 0.15) is 18.4 Å². The van der Waals surface area contributed by atoms with Crippen molar-refractivity contribution in [1.82, 2.24) is 15.1 Å². The summed E-state index contributed by atoms with van der Waals surface area (Å²) in [6, 6.07) is 0.0361. The van der Waals surface area contributed by atoms with Gasteiger partial charge < -0.3 is 10.2 Å². The third-order valence-electron chi connectivity index (χ3n) is 3.06. The zero-order chi connectivity index (χ0) is 14.0. The molecule has 106 valence electrons. The molecule has 1 aliphatic heterocycles. The normalized spacial score (nSPS) is 21.4. The Morgan fingerprint density at radius 3 is 2.84 bits per heavy atom. The molecule has 0 aliphatic carbocycles. The molecule has 1 fully saturated rings. The predicted octanol–water partition coefficient (Wildman–Crippen LogP) is 2.65. The highest BCUT2D eigenvalue weighted by Gasteiger charge is 2.35. The van der Waals surface area contributed by atoms with Crippen LogP contribution >= 0.6 is 11.6 Å². The second-order valence-corrected chi connectivity index (χ2v) is 5.04. The standard InChI is InChI=1S/C11H14ClF3N4/c1-19-4-2-3-7(6-19)17-10-9(12)8(5-16-18-10)11(13,14)15/h5,7H,2-4,6H2,1H3,(H,17,18). The summed E-state index contributed by atoms with van der Waals surface area (Å²) in [7, 11) is 1.97. The van der Waals surface area contributed by atoms with Crippen LogP contribution in [0, 0.1) is 0 Å². The van der Waals surface area contributed by atoms with E-state index < -0.39 is 16.8 Å². The first-order valence-corrected chi connectivity index (χ1v) is 6.29. The highest BCUT2D eigenvalue weighted by Crippen LogP contribution is 2.36. The van der Waals surface area contributed by atoms with Gasteiger partial charge in [-0.2, -0.15) is 18.3 Å². The number of nitrogens with one attached hydrogen (secondary N) is 1. The van der Waals surface area contributed by atoms with E-state index in [0.29, 0.717) is 6.20 Å². The lowest BCUT2D eigenvalue weighted by Crippen LogP contribution is -2.40. The molecular weight excluding hydrogens is 281 g/mol. The Morgan fingerprint density at radius 1 is 1.47 bits per heavy atom. The van der Waals surface area contributed by atoms with E-state index in [1.54, 1.807) is 0 Å². The number of alkyl halides is 3. The van der Waals surface area contributed by atoms with Crippen LogP contribution in [-0.2, 0) is 6.18 Å². The Balaban J connectivity index is 2.17. The van der Waals surface area contributed by atoms with E-state index in [2.05, 4.69) is 20.4 Å². The van der Waals surface area contributed by atoms with Crippen LogP contribution in [0.2, 0.25) is 5.02 Å². The lowest BCUT2D eigenvalue weighted by molar-refractivity contribution is -0.137. The lowest BCUT2D eigenvalue weighted by atomic mass is 10.1. The van der Waals surface area contributed by atoms with E-state index >= 15 is 0 Å². The Hall–Kier alpha value is -1.08. The number of likely N-dealkylation sites (tertiary alicyclic amines) is 1. The van der Waals surface area contributed by atoms with Gasteiger partial charge in [-0.1, -0.05) is 11.6 Å². The Morgan fingerprint density at radius 2 is 2.21 bits per heavy atom. The van der Waals surface area contributed by atoms with Crippen LogP contribution in [0.4, 0.5) is 19.0 Å². The molecule has 0 amide bonds. The summed E-state index contributed by atoms with van der Waals surface area (Å²) in [5.41, 5.74) is -0.962. The minimum absolute atomic E-state index is 0.00297. The van der Waals surface area contributed by atoms with Crippen molar-refractivity contribution < 1.29 is 13.2 Å². The van der Waals surface area contributed by atoms with Gasteiger partial charge in [0.1, 0.15) is 0 Å². The fourth-order valence-corrected chi connectivity index (χ4v) is 2.39. The van der Waals surface area contributed by atoms with Crippen LogP contribution in [0.25, 0.3) is 0 Å². The molecule has 0 radical (unpaired) electrons. The third-order valence-corrected chi connectivity index (χ3v) is 3.44. The summed E-state index contributed by atoms with van der Waals surface area (Å²) in [6.45, 7) is 1.73. The van der Waals surface area contributed by atoms with Crippen LogP contribution < -0.4 is 5.32 Å². The molecule has 2 rings (SSSR count). The second-order valence-electron chi connectivity index (χ2n) is 4.66. The first kappa shape index (κ1) is 14.3. The summed E-state index contributed by atoms with van der Waals surface area (Å²) >= 11 is 5.75. The maximum Gasteiger partial charge on any atom is 0.419 e. The van der Waals surface area contributed by atoms with Crippen LogP contribution in [0.3, 0.4) is 0 Å². The molecule has 1 saturated heterocycles. The van der Waals surface area contributed by atoms with Crippen molar-refractivity contribution in [3.63, 3.8) is 0 Å². The summed E-state index contributed by atoms with van der Waals surface area (Å²) in [5, 5.41) is 9.55. The number of aromatic nitrogens is 2. The number of halogens is 4. The fourth-order valence-electron chi connectivity index (χ4n) is 2.14. The number of likely N-dealkylation sites (N-methyl/N-ethyl adjacent to an activating group) is 1. The first-order valence-electron chi connectivity index (χ1n) is 5.91. The Bertz CT molecular complexity index is 452. The van der Waals surface area contributed by atoms with Gasteiger partial charge in [-0.25, -0.2) is 0 Å². The molecule has 2 heterocycles. The smallest absolute Gasteiger partial charge is 0.363 e. The number of rotatable bonds is 2. The number of nitrogens with zero attached hydrogens (tertiary/aromatic N) is 3. The number of anilines is 1. The minimum Gasteiger partial charge on any atom is -0.363 e. The molecule has 0 bridgehead atoms. The average Bonchev–Trinajstić information content (AvgIpc) is 2.30. The van der Waals surface area contributed by atoms with Crippen molar-refractivity contribution in [3.8, 4) is 0 Å². The summed E-state index contributed by atoms with van der Waals surface area (Å²) in [6.07, 6.45) is -2.02. The van der Waals surface area contributed by atoms with Crippen molar-refractivity contribution in [3.05, 3.63) is 16.8 Å². The lowest BCUT2D eigenvalue weighted by Gasteiger charge is -2.30. The summed E-state index contributed by atoms with van der Waals surface area (Å²) in [5.74, 6) is -0.00297. The molecule has 1 aromatic heterocycles. The minimum atomic E-state index is -4.52. The van der Waals surface area contributed by atoms with Gasteiger partial charge in [0.15, 0.2) is 5.82 Å². The molecule has 1 N–H and O–H groups in total. The van der Waals surface area contributed by atoms with Crippen LogP contribution in [0.15, 0.2) is 6.20 Å². The highest BCUT2D eigenvalue weighted by atomic mass is 35.5. The predicted molar refractivity (Wildman–Crippen MR) is 66.2 cm³/mol. The Kier molecular flexibility index (Phi) is 4.15. The van der Waals surface area contributed by atoms with Gasteiger partial charge in [-0.05, 0) is 26.4 Å². The maximum absolute atomic E-state index is 12.7. The molecule has 1 aromatic rings. The van der Waals surface area contributed by atoms with Gasteiger partial charge in [-0.15, -0.1) is 5.10 Å². The van der Waals surface area contributed by atoms with Gasteiger partial charge >= 0.3 is 6.18 Å². The first-order chi connectivity index (χ1) is 8.88. The molecule has 19 heavy (non-hydrogen) atoms. The number of hydrogen-bond donors (Lipinski definition) is 1. The summed E-state index contributed by atoms with van der Waals surface area (Å²) < 4.78 is 38.0. The maximum atomic E-state index is 12.7. The van der Waals surface area contributed by atoms with Gasteiger partial charge in [0, 0.05) is 12.6 Å². The molecule has 1 aliphatic rings. The van der Waals surface area contributed by atoms with E-state index in [4.69, 9.17) is 11.6 Å². The molecule has 4 nitrogen and oxygen atoms in total. The van der Waals surface area contributed by atoms with Crippen molar-refractivity contribution in [2.45, 2.75) is 25.1 Å². The van der Waals surface area contributed by atoms with Gasteiger partial charge in [0.2, 0.25) is 0 Å². The highest BCUT2D eigenvalue weighted by molar-refractivity contribution is 6.33. The molecular formula is C11H14ClF3N4. The molecule has 1 atom stereocenters. The van der Waals surface area contributed by atoms with E-state index in [0.717, 1.165) is 25.9 Å². The van der Waals surface area contributed by atoms with Crippen molar-refractivity contribution in [2.75, 3.05) is 25.5 Å². The Labute approximate surface area is 113 Å². The van der Waals surface area contributed by atoms with Gasteiger partial charge in [0.25, 0.3) is 0 Å². The molecule has 0 saturated carbocycles. The second kappa shape index (κ2) is 5.50. The topological polar surface area (TPSA) is 41.0 Å². The van der Waals surface area contributed by atoms with Gasteiger partial charge in [0.05, 0.1) is 16.8 Å². The molecule has 0 aromatic carbocycles.